The molecule has 0 radical (unpaired) electrons. The van der Waals surface area contributed by atoms with Gasteiger partial charge in [0.15, 0.2) is 0 Å². The molecule has 3 aromatic rings. The van der Waals surface area contributed by atoms with E-state index in [2.05, 4.69) is 10.5 Å². The lowest BCUT2D eigenvalue weighted by molar-refractivity contribution is -0.136. The third-order valence-electron chi connectivity index (χ3n) is 3.64. The fraction of sp³-hybridized carbons (Fsp3) is 0.125. The number of hydrogen-bond acceptors (Lipinski definition) is 6. The highest BCUT2D eigenvalue weighted by Gasteiger charge is 2.35. The Kier molecular flexibility index (Phi) is 5.61. The number of hydrogen-bond donors (Lipinski definition) is 2. The largest absolute Gasteiger partial charge is 0.418 e. The van der Waals surface area contributed by atoms with Crippen LogP contribution in [0.4, 0.5) is 24.5 Å². The summed E-state index contributed by atoms with van der Waals surface area (Å²) >= 11 is 6.39. The first-order valence-electron chi connectivity index (χ1n) is 7.69. The maximum Gasteiger partial charge on any atom is 0.418 e. The summed E-state index contributed by atoms with van der Waals surface area (Å²) in [6.45, 7) is 1.47. The Bertz CT molecular complexity index is 1170. The zero-order chi connectivity index (χ0) is 21.4. The molecule has 29 heavy (non-hydrogen) atoms. The fourth-order valence-electron chi connectivity index (χ4n) is 2.30. The van der Waals surface area contributed by atoms with E-state index in [9.17, 15) is 26.4 Å². The minimum absolute atomic E-state index is 0.0536. The van der Waals surface area contributed by atoms with Gasteiger partial charge in [0.1, 0.15) is 15.5 Å². The Labute approximate surface area is 171 Å². The van der Waals surface area contributed by atoms with Gasteiger partial charge in [-0.2, -0.15) is 13.2 Å². The number of sulfonamides is 1. The fourth-order valence-corrected chi connectivity index (χ4v) is 4.86. The number of thiophene rings is 1. The number of anilines is 2. The zero-order valence-corrected chi connectivity index (χ0v) is 16.8. The van der Waals surface area contributed by atoms with Gasteiger partial charge >= 0.3 is 6.18 Å². The molecule has 0 saturated heterocycles. The van der Waals surface area contributed by atoms with Crippen molar-refractivity contribution in [2.45, 2.75) is 17.3 Å². The second-order valence-electron chi connectivity index (χ2n) is 5.67. The Morgan fingerprint density at radius 1 is 1.24 bits per heavy atom. The van der Waals surface area contributed by atoms with Gasteiger partial charge < -0.3 is 9.84 Å². The van der Waals surface area contributed by atoms with Crippen LogP contribution in [-0.4, -0.2) is 19.5 Å². The monoisotopic (exact) mass is 465 g/mol. The van der Waals surface area contributed by atoms with E-state index in [0.717, 1.165) is 18.3 Å². The summed E-state index contributed by atoms with van der Waals surface area (Å²) in [5.74, 6) is -0.532. The molecular weight excluding hydrogens is 455 g/mol. The number of nitrogens with one attached hydrogen (secondary N) is 2. The summed E-state index contributed by atoms with van der Waals surface area (Å²) < 4.78 is 71.7. The van der Waals surface area contributed by atoms with Gasteiger partial charge in [-0.3, -0.25) is 9.52 Å². The first kappa shape index (κ1) is 21.1. The summed E-state index contributed by atoms with van der Waals surface area (Å²) in [6.07, 6.45) is -3.76. The molecule has 3 rings (SSSR count). The number of alkyl halides is 3. The topological polar surface area (TPSA) is 101 Å². The van der Waals surface area contributed by atoms with Crippen molar-refractivity contribution >= 4 is 50.2 Å². The third kappa shape index (κ3) is 4.71. The van der Waals surface area contributed by atoms with E-state index in [4.69, 9.17) is 16.1 Å². The summed E-state index contributed by atoms with van der Waals surface area (Å²) in [6, 6.07) is 5.16. The van der Waals surface area contributed by atoms with Gasteiger partial charge in [-0.1, -0.05) is 16.8 Å². The van der Waals surface area contributed by atoms with Crippen molar-refractivity contribution in [3.63, 3.8) is 0 Å². The predicted molar refractivity (Wildman–Crippen MR) is 101 cm³/mol. The average Bonchev–Trinajstić information content (AvgIpc) is 3.24. The number of carbonyl (C=O) groups excluding carboxylic acids is 1. The van der Waals surface area contributed by atoms with Crippen LogP contribution in [0.3, 0.4) is 0 Å². The summed E-state index contributed by atoms with van der Waals surface area (Å²) in [5, 5.41) is 5.72. The molecule has 2 aromatic heterocycles. The highest BCUT2D eigenvalue weighted by atomic mass is 35.5. The van der Waals surface area contributed by atoms with Crippen molar-refractivity contribution in [1.29, 1.82) is 0 Å². The van der Waals surface area contributed by atoms with Crippen molar-refractivity contribution in [2.75, 3.05) is 10.0 Å². The van der Waals surface area contributed by atoms with E-state index in [1.54, 1.807) is 0 Å². The smallest absolute Gasteiger partial charge is 0.361 e. The van der Waals surface area contributed by atoms with Crippen LogP contribution in [0.15, 0.2) is 45.3 Å². The van der Waals surface area contributed by atoms with Crippen LogP contribution in [0.2, 0.25) is 4.34 Å². The highest BCUT2D eigenvalue weighted by Crippen LogP contribution is 2.38. The number of amides is 1. The third-order valence-corrected chi connectivity index (χ3v) is 6.72. The van der Waals surface area contributed by atoms with Gasteiger partial charge in [-0.25, -0.2) is 8.42 Å². The van der Waals surface area contributed by atoms with Crippen LogP contribution in [0.25, 0.3) is 0 Å². The molecule has 0 fully saturated rings. The molecule has 0 unspecified atom stereocenters. The minimum Gasteiger partial charge on any atom is -0.361 e. The lowest BCUT2D eigenvalue weighted by Gasteiger charge is -2.16. The molecule has 2 N–H and O–H groups in total. The van der Waals surface area contributed by atoms with Crippen LogP contribution in [0.1, 0.15) is 21.7 Å². The zero-order valence-electron chi connectivity index (χ0n) is 14.4. The van der Waals surface area contributed by atoms with Crippen molar-refractivity contribution in [3.8, 4) is 0 Å². The van der Waals surface area contributed by atoms with Gasteiger partial charge in [0.2, 0.25) is 0 Å². The predicted octanol–water partition coefficient (Wildman–Crippen LogP) is 4.77. The second-order valence-corrected chi connectivity index (χ2v) is 9.30. The molecule has 1 aromatic carbocycles. The second kappa shape index (κ2) is 7.69. The number of rotatable bonds is 5. The van der Waals surface area contributed by atoms with E-state index in [0.29, 0.717) is 17.4 Å². The van der Waals surface area contributed by atoms with Gasteiger partial charge in [0.05, 0.1) is 21.8 Å². The number of benzene rings is 1. The maximum atomic E-state index is 13.5. The minimum atomic E-state index is -4.89. The molecule has 0 saturated carbocycles. The van der Waals surface area contributed by atoms with Gasteiger partial charge in [-0.05, 0) is 37.3 Å². The number of aromatic nitrogens is 1. The lowest BCUT2D eigenvalue weighted by Crippen LogP contribution is -2.18. The Morgan fingerprint density at radius 3 is 2.52 bits per heavy atom. The molecule has 0 atom stereocenters. The normalized spacial score (nSPS) is 12.0. The Balaban J connectivity index is 1.93. The molecule has 2 heterocycles. The summed E-state index contributed by atoms with van der Waals surface area (Å²) in [5.41, 5.74) is -2.10. The quantitative estimate of drug-likeness (QED) is 0.565. The molecule has 0 aliphatic rings. The van der Waals surface area contributed by atoms with Gasteiger partial charge in [0.25, 0.3) is 15.9 Å². The molecule has 13 heteroatoms. The maximum absolute atomic E-state index is 13.5. The molecule has 0 bridgehead atoms. The van der Waals surface area contributed by atoms with E-state index in [-0.39, 0.29) is 25.6 Å². The highest BCUT2D eigenvalue weighted by molar-refractivity contribution is 7.94. The van der Waals surface area contributed by atoms with Crippen LogP contribution in [0.5, 0.6) is 0 Å². The molecule has 1 amide bonds. The van der Waals surface area contributed by atoms with Crippen LogP contribution in [-0.2, 0) is 16.2 Å². The van der Waals surface area contributed by atoms with Gasteiger partial charge in [0, 0.05) is 5.69 Å². The van der Waals surface area contributed by atoms with E-state index >= 15 is 0 Å². The summed E-state index contributed by atoms with van der Waals surface area (Å²) in [4.78, 5) is 12.1. The molecule has 0 aliphatic heterocycles. The Hall–Kier alpha value is -2.57. The van der Waals surface area contributed by atoms with Crippen LogP contribution >= 0.6 is 22.9 Å². The van der Waals surface area contributed by atoms with Crippen molar-refractivity contribution in [3.05, 3.63) is 57.8 Å². The van der Waals surface area contributed by atoms with Crippen molar-refractivity contribution in [1.82, 2.24) is 5.16 Å². The van der Waals surface area contributed by atoms with Crippen molar-refractivity contribution in [2.24, 2.45) is 0 Å². The molecule has 0 aliphatic carbocycles. The molecule has 0 spiro atoms. The lowest BCUT2D eigenvalue weighted by atomic mass is 10.1. The first-order chi connectivity index (χ1) is 13.5. The Morgan fingerprint density at radius 2 is 1.97 bits per heavy atom. The molecule has 154 valence electrons. The van der Waals surface area contributed by atoms with Crippen LogP contribution in [0, 0.1) is 6.92 Å². The standard InChI is InChI=1S/C16H11ClF3N3O4S2/c1-8-10(7-21-27-8)15(24)22-9-2-3-12(11(6-9)16(18,19)20)23-29(25,26)14-5-4-13(17)28-14/h2-7,23H,1H3,(H,22,24). The van der Waals surface area contributed by atoms with E-state index < -0.39 is 33.4 Å². The SMILES string of the molecule is Cc1oncc1C(=O)Nc1ccc(NS(=O)(=O)c2ccc(Cl)s2)c(C(F)(F)F)c1. The number of nitrogens with zero attached hydrogens (tertiary/aromatic N) is 1. The van der Waals surface area contributed by atoms with Crippen molar-refractivity contribution < 1.29 is 30.9 Å². The van der Waals surface area contributed by atoms with Crippen LogP contribution < -0.4 is 10.0 Å². The number of halogens is 4. The van der Waals surface area contributed by atoms with E-state index in [1.165, 1.54) is 19.1 Å². The molecular formula is C16H11ClF3N3O4S2. The summed E-state index contributed by atoms with van der Waals surface area (Å²) in [7, 11) is -4.28. The van der Waals surface area contributed by atoms with Gasteiger partial charge in [-0.15, -0.1) is 11.3 Å². The number of carbonyl (C=O) groups is 1. The molecule has 7 nitrogen and oxygen atoms in total. The first-order valence-corrected chi connectivity index (χ1v) is 10.4. The average molecular weight is 466 g/mol. The van der Waals surface area contributed by atoms with E-state index in [1.807, 2.05) is 4.72 Å². The number of aryl methyl sites for hydroxylation is 1.